The van der Waals surface area contributed by atoms with Gasteiger partial charge in [0.25, 0.3) is 0 Å². The molecule has 0 fully saturated rings. The van der Waals surface area contributed by atoms with Gasteiger partial charge in [-0.25, -0.2) is 26.5 Å². The number of nitrogens with zero attached hydrogens (tertiary/aromatic N) is 2. The lowest BCUT2D eigenvalue weighted by Gasteiger charge is -2.12. The number of para-hydroxylation sites is 1. The lowest BCUT2D eigenvalue weighted by molar-refractivity contribution is 0.467. The number of hydrogen-bond acceptors (Lipinski definition) is 7. The quantitative estimate of drug-likeness (QED) is 0.391. The van der Waals surface area contributed by atoms with Gasteiger partial charge in [-0.2, -0.15) is 0 Å². The molecule has 0 aliphatic rings. The van der Waals surface area contributed by atoms with Crippen LogP contribution < -0.4 is 9.46 Å². The molecule has 0 atom stereocenters. The van der Waals surface area contributed by atoms with E-state index in [1.54, 1.807) is 55.6 Å². The van der Waals surface area contributed by atoms with Crippen LogP contribution in [0.1, 0.15) is 12.5 Å². The van der Waals surface area contributed by atoms with Crippen LogP contribution in [-0.4, -0.2) is 43.8 Å². The van der Waals surface area contributed by atoms with E-state index in [1.165, 1.54) is 6.07 Å². The Kier molecular flexibility index (Phi) is 6.19. The molecule has 0 unspecified atom stereocenters. The molecule has 0 aliphatic heterocycles. The highest BCUT2D eigenvalue weighted by atomic mass is 32.2. The first-order chi connectivity index (χ1) is 15.7. The van der Waals surface area contributed by atoms with E-state index in [9.17, 15) is 16.8 Å². The van der Waals surface area contributed by atoms with E-state index in [2.05, 4.69) is 19.7 Å². The minimum absolute atomic E-state index is 0.0199. The number of imidazole rings is 1. The van der Waals surface area contributed by atoms with E-state index in [4.69, 9.17) is 4.74 Å². The van der Waals surface area contributed by atoms with Crippen LogP contribution in [0.15, 0.2) is 65.7 Å². The number of sulfone groups is 1. The number of fused-ring (bicyclic) bond motifs is 1. The van der Waals surface area contributed by atoms with Gasteiger partial charge in [0.1, 0.15) is 22.1 Å². The number of nitrogens with one attached hydrogen (secondary N) is 2. The first-order valence-electron chi connectivity index (χ1n) is 10.0. The number of ether oxygens (including phenoxy) is 1. The first-order valence-corrected chi connectivity index (χ1v) is 13.6. The van der Waals surface area contributed by atoms with Crippen molar-refractivity contribution < 1.29 is 21.6 Å². The molecule has 172 valence electrons. The zero-order valence-electron chi connectivity index (χ0n) is 17.9. The highest BCUT2D eigenvalue weighted by Gasteiger charge is 2.19. The number of hydrogen-bond donors (Lipinski definition) is 2. The molecular weight excluding hydrogens is 464 g/mol. The minimum Gasteiger partial charge on any atom is -0.456 e. The molecular formula is C22H22N4O5S2. The fourth-order valence-electron chi connectivity index (χ4n) is 3.26. The van der Waals surface area contributed by atoms with E-state index in [1.807, 2.05) is 6.07 Å². The lowest BCUT2D eigenvalue weighted by atomic mass is 10.1. The predicted octanol–water partition coefficient (Wildman–Crippen LogP) is 3.26. The molecule has 4 rings (SSSR count). The van der Waals surface area contributed by atoms with Gasteiger partial charge < -0.3 is 9.72 Å². The van der Waals surface area contributed by atoms with Crippen LogP contribution in [0.3, 0.4) is 0 Å². The second kappa shape index (κ2) is 8.93. The molecule has 33 heavy (non-hydrogen) atoms. The van der Waals surface area contributed by atoms with E-state index >= 15 is 0 Å². The summed E-state index contributed by atoms with van der Waals surface area (Å²) >= 11 is 0. The monoisotopic (exact) mass is 486 g/mol. The van der Waals surface area contributed by atoms with Crippen molar-refractivity contribution in [1.29, 1.82) is 0 Å². The molecule has 0 spiro atoms. The molecule has 0 amide bonds. The molecule has 4 aromatic rings. The Morgan fingerprint density at radius 2 is 1.79 bits per heavy atom. The molecule has 0 radical (unpaired) electrons. The Balaban J connectivity index is 1.81. The average Bonchev–Trinajstić information content (AvgIpc) is 3.22. The van der Waals surface area contributed by atoms with Crippen molar-refractivity contribution in [2.75, 3.05) is 12.0 Å². The summed E-state index contributed by atoms with van der Waals surface area (Å²) in [6, 6.07) is 15.1. The van der Waals surface area contributed by atoms with Gasteiger partial charge in [-0.1, -0.05) is 25.1 Å². The van der Waals surface area contributed by atoms with E-state index in [0.717, 1.165) is 6.26 Å². The molecule has 0 bridgehead atoms. The molecule has 0 saturated carbocycles. The summed E-state index contributed by atoms with van der Waals surface area (Å²) in [4.78, 5) is 12.2. The minimum atomic E-state index is -3.51. The predicted molar refractivity (Wildman–Crippen MR) is 125 cm³/mol. The number of H-pyrrole nitrogens is 1. The normalized spacial score (nSPS) is 12.2. The van der Waals surface area contributed by atoms with Crippen LogP contribution in [-0.2, 0) is 26.4 Å². The SMILES string of the molecule is CCS(=O)(=O)c1ccccc1Oc1cc(CNS(C)(=O)=O)c2nc(-c3ccccn3)[nH]c2c1. The van der Waals surface area contributed by atoms with Crippen LogP contribution in [0.2, 0.25) is 0 Å². The highest BCUT2D eigenvalue weighted by Crippen LogP contribution is 2.33. The van der Waals surface area contributed by atoms with Crippen molar-refractivity contribution in [3.05, 3.63) is 66.4 Å². The largest absolute Gasteiger partial charge is 0.456 e. The maximum atomic E-state index is 12.5. The first kappa shape index (κ1) is 22.9. The summed E-state index contributed by atoms with van der Waals surface area (Å²) in [6.45, 7) is 1.55. The van der Waals surface area contributed by atoms with Crippen molar-refractivity contribution in [3.63, 3.8) is 0 Å². The third-order valence-corrected chi connectivity index (χ3v) is 7.30. The maximum Gasteiger partial charge on any atom is 0.209 e. The molecule has 9 nitrogen and oxygen atoms in total. The van der Waals surface area contributed by atoms with Gasteiger partial charge in [0.2, 0.25) is 10.0 Å². The third-order valence-electron chi connectivity index (χ3n) is 4.86. The van der Waals surface area contributed by atoms with Gasteiger partial charge in [0.15, 0.2) is 15.7 Å². The van der Waals surface area contributed by atoms with Crippen molar-refractivity contribution in [3.8, 4) is 23.0 Å². The van der Waals surface area contributed by atoms with E-state index < -0.39 is 19.9 Å². The Bertz CT molecular complexity index is 1520. The van der Waals surface area contributed by atoms with Crippen molar-refractivity contribution >= 4 is 30.9 Å². The summed E-state index contributed by atoms with van der Waals surface area (Å²) in [7, 11) is -6.97. The number of rotatable bonds is 8. The summed E-state index contributed by atoms with van der Waals surface area (Å²) < 4.78 is 56.8. The third kappa shape index (κ3) is 5.21. The zero-order valence-corrected chi connectivity index (χ0v) is 19.6. The summed E-state index contributed by atoms with van der Waals surface area (Å²) in [5, 5.41) is 0. The zero-order chi connectivity index (χ0) is 23.6. The summed E-state index contributed by atoms with van der Waals surface area (Å²) in [5.74, 6) is 0.967. The van der Waals surface area contributed by atoms with Crippen molar-refractivity contribution in [1.82, 2.24) is 19.7 Å². The van der Waals surface area contributed by atoms with E-state index in [0.29, 0.717) is 33.9 Å². The van der Waals surface area contributed by atoms with Gasteiger partial charge in [-0.15, -0.1) is 0 Å². The highest BCUT2D eigenvalue weighted by molar-refractivity contribution is 7.91. The van der Waals surface area contributed by atoms with Gasteiger partial charge in [0.05, 0.1) is 23.0 Å². The number of benzene rings is 2. The summed E-state index contributed by atoms with van der Waals surface area (Å²) in [6.07, 6.45) is 2.72. The number of sulfonamides is 1. The molecule has 2 aromatic heterocycles. The van der Waals surface area contributed by atoms with Crippen LogP contribution >= 0.6 is 0 Å². The second-order valence-corrected chi connectivity index (χ2v) is 11.4. The van der Waals surface area contributed by atoms with Gasteiger partial charge in [-0.3, -0.25) is 4.98 Å². The van der Waals surface area contributed by atoms with Crippen LogP contribution in [0, 0.1) is 0 Å². The molecule has 2 heterocycles. The Morgan fingerprint density at radius 1 is 1.03 bits per heavy atom. The lowest BCUT2D eigenvalue weighted by Crippen LogP contribution is -2.21. The molecule has 2 N–H and O–H groups in total. The fraction of sp³-hybridized carbons (Fsp3) is 0.182. The summed E-state index contributed by atoms with van der Waals surface area (Å²) in [5.41, 5.74) is 2.32. The van der Waals surface area contributed by atoms with Crippen molar-refractivity contribution in [2.24, 2.45) is 0 Å². The van der Waals surface area contributed by atoms with Gasteiger partial charge in [0, 0.05) is 18.8 Å². The van der Waals surface area contributed by atoms with Gasteiger partial charge in [-0.05, 0) is 35.9 Å². The van der Waals surface area contributed by atoms with Crippen LogP contribution in [0.25, 0.3) is 22.6 Å². The van der Waals surface area contributed by atoms with E-state index in [-0.39, 0.29) is 22.9 Å². The Labute approximate surface area is 191 Å². The maximum absolute atomic E-state index is 12.5. The molecule has 2 aromatic carbocycles. The number of pyridine rings is 1. The Morgan fingerprint density at radius 3 is 2.48 bits per heavy atom. The topological polar surface area (TPSA) is 131 Å². The Hall–Kier alpha value is -3.28. The number of aromatic nitrogens is 3. The smallest absolute Gasteiger partial charge is 0.209 e. The standard InChI is InChI=1S/C22H22N4O5S2/c1-3-33(29,30)20-10-5-4-9-19(20)31-16-12-15(14-24-32(2,27)28)21-18(13-16)25-22(26-21)17-8-6-7-11-23-17/h4-13,24H,3,14H2,1-2H3,(H,25,26). The van der Waals surface area contributed by atoms with Gasteiger partial charge >= 0.3 is 0 Å². The molecule has 11 heteroatoms. The van der Waals surface area contributed by atoms with Crippen LogP contribution in [0.5, 0.6) is 11.5 Å². The van der Waals surface area contributed by atoms with Crippen molar-refractivity contribution in [2.45, 2.75) is 18.4 Å². The van der Waals surface area contributed by atoms with Crippen LogP contribution in [0.4, 0.5) is 0 Å². The number of aromatic amines is 1. The molecule has 0 saturated heterocycles. The fourth-order valence-corrected chi connectivity index (χ4v) is 4.69. The second-order valence-electron chi connectivity index (χ2n) is 7.32. The molecule has 0 aliphatic carbocycles. The average molecular weight is 487 g/mol.